The van der Waals surface area contributed by atoms with Gasteiger partial charge in [0.2, 0.25) is 0 Å². The van der Waals surface area contributed by atoms with Crippen LogP contribution in [0, 0.1) is 0 Å². The Kier molecular flexibility index (Phi) is 5.13. The van der Waals surface area contributed by atoms with E-state index in [1.807, 2.05) is 0 Å². The summed E-state index contributed by atoms with van der Waals surface area (Å²) in [7, 11) is 0. The fourth-order valence-corrected chi connectivity index (χ4v) is 3.93. The molecule has 1 saturated carbocycles. The number of hydroxylamine groups is 1. The highest BCUT2D eigenvalue weighted by atomic mass is 16.7. The van der Waals surface area contributed by atoms with Crippen LogP contribution in [0.25, 0.3) is 0 Å². The second kappa shape index (κ2) is 7.46. The van der Waals surface area contributed by atoms with E-state index >= 15 is 0 Å². The van der Waals surface area contributed by atoms with Crippen molar-refractivity contribution in [3.63, 3.8) is 0 Å². The Labute approximate surface area is 165 Å². The molecule has 0 aromatic heterocycles. The van der Waals surface area contributed by atoms with E-state index in [0.29, 0.717) is 25.1 Å². The molecule has 0 spiro atoms. The molecule has 0 unspecified atom stereocenters. The number of aliphatic hydroxyl groups is 1. The van der Waals surface area contributed by atoms with Crippen molar-refractivity contribution < 1.29 is 44.1 Å². The minimum Gasteiger partial charge on any atom is -0.669 e. The number of hydrogen-bond acceptors (Lipinski definition) is 9. The number of carboxylic acid groups (broad SMARTS) is 1. The van der Waals surface area contributed by atoms with Gasteiger partial charge in [-0.3, -0.25) is 14.5 Å². The smallest absolute Gasteiger partial charge is 0.434 e. The molecule has 1 aliphatic carbocycles. The molecule has 1 aromatic carbocycles. The summed E-state index contributed by atoms with van der Waals surface area (Å²) in [6, 6.07) is 3.27. The number of fused-ring (bicyclic) bond motifs is 3. The van der Waals surface area contributed by atoms with Gasteiger partial charge < -0.3 is 29.7 Å². The first-order valence-corrected chi connectivity index (χ1v) is 9.39. The lowest BCUT2D eigenvalue weighted by Crippen LogP contribution is -2.56. The number of nitrogens with one attached hydrogen (secondary N) is 1. The number of carboxylic acids is 1. The minimum absolute atomic E-state index is 0.00168. The van der Waals surface area contributed by atoms with E-state index in [4.69, 9.17) is 19.3 Å². The number of ether oxygens (including phenoxy) is 1. The van der Waals surface area contributed by atoms with Gasteiger partial charge in [-0.15, -0.1) is 0 Å². The molecule has 29 heavy (non-hydrogen) atoms. The lowest BCUT2D eigenvalue weighted by molar-refractivity contribution is -0.137. The number of likely N-dealkylation sites (tertiary alicyclic amines) is 1. The van der Waals surface area contributed by atoms with Crippen LogP contribution in [0.4, 0.5) is 0 Å². The molecule has 5 N–H and O–H groups in total. The molecule has 1 aromatic rings. The number of nitrogens with zero attached hydrogens (tertiary/aromatic N) is 1. The molecule has 0 radical (unpaired) electrons. The van der Waals surface area contributed by atoms with Crippen molar-refractivity contribution in [3.8, 4) is 11.5 Å². The third-order valence-electron chi connectivity index (χ3n) is 5.42. The second-order valence-electron chi connectivity index (χ2n) is 7.58. The van der Waals surface area contributed by atoms with Crippen molar-refractivity contribution in [1.29, 1.82) is 0 Å². The summed E-state index contributed by atoms with van der Waals surface area (Å²) in [5, 5.41) is 38.4. The van der Waals surface area contributed by atoms with Crippen LogP contribution in [-0.2, 0) is 9.63 Å². The van der Waals surface area contributed by atoms with Crippen molar-refractivity contribution in [2.45, 2.75) is 24.3 Å². The molecule has 2 aliphatic heterocycles. The molecular formula is C17H22BN2O9-. The predicted octanol–water partition coefficient (Wildman–Crippen LogP) is -1.34. The van der Waals surface area contributed by atoms with Crippen LogP contribution in [0.2, 0.25) is 5.82 Å². The van der Waals surface area contributed by atoms with Crippen molar-refractivity contribution >= 4 is 18.6 Å². The Bertz CT molecular complexity index is 827. The van der Waals surface area contributed by atoms with Crippen molar-refractivity contribution in [2.24, 2.45) is 0 Å². The number of amides is 1. The van der Waals surface area contributed by atoms with E-state index in [0.717, 1.165) is 0 Å². The largest absolute Gasteiger partial charge is 0.669 e. The Hall–Kier alpha value is -2.38. The van der Waals surface area contributed by atoms with Crippen LogP contribution in [0.1, 0.15) is 28.3 Å². The van der Waals surface area contributed by atoms with E-state index in [9.17, 15) is 24.7 Å². The van der Waals surface area contributed by atoms with Gasteiger partial charge >= 0.3 is 12.7 Å². The number of carbonyl (C=O) groups is 2. The third kappa shape index (κ3) is 3.89. The van der Waals surface area contributed by atoms with Gasteiger partial charge in [-0.2, -0.15) is 0 Å². The first kappa shape index (κ1) is 19.9. The zero-order chi connectivity index (χ0) is 20.8. The number of hydrogen-bond donors (Lipinski definition) is 5. The lowest BCUT2D eigenvalue weighted by atomic mass is 9.68. The molecular weight excluding hydrogens is 387 g/mol. The van der Waals surface area contributed by atoms with Crippen LogP contribution in [0.3, 0.4) is 0 Å². The zero-order valence-corrected chi connectivity index (χ0v) is 15.5. The first-order valence-electron chi connectivity index (χ1n) is 9.39. The van der Waals surface area contributed by atoms with Crippen LogP contribution >= 0.6 is 0 Å². The SMILES string of the molecule is O=C(CN1CC(Oc2ccc3c(c2C(=O)O)O[B-](O)(O)[C@H]2C[C@@H]32)C1)NOCCO. The molecule has 2 heterocycles. The van der Waals surface area contributed by atoms with Gasteiger partial charge in [0, 0.05) is 13.1 Å². The summed E-state index contributed by atoms with van der Waals surface area (Å²) in [5.74, 6) is -2.12. The van der Waals surface area contributed by atoms with Crippen LogP contribution in [0.15, 0.2) is 12.1 Å². The molecule has 12 heteroatoms. The predicted molar refractivity (Wildman–Crippen MR) is 97.4 cm³/mol. The average Bonchev–Trinajstić information content (AvgIpc) is 3.41. The average molecular weight is 409 g/mol. The maximum atomic E-state index is 11.8. The van der Waals surface area contributed by atoms with Gasteiger partial charge in [0.05, 0.1) is 25.5 Å². The molecule has 3 aliphatic rings. The van der Waals surface area contributed by atoms with E-state index in [1.165, 1.54) is 0 Å². The molecule has 1 saturated heterocycles. The Balaban J connectivity index is 1.39. The van der Waals surface area contributed by atoms with Gasteiger partial charge in [0.15, 0.2) is 0 Å². The van der Waals surface area contributed by atoms with Crippen molar-refractivity contribution in [1.82, 2.24) is 10.4 Å². The van der Waals surface area contributed by atoms with E-state index in [1.54, 1.807) is 17.0 Å². The molecule has 11 nitrogen and oxygen atoms in total. The highest BCUT2D eigenvalue weighted by Gasteiger charge is 2.55. The second-order valence-corrected chi connectivity index (χ2v) is 7.58. The Morgan fingerprint density at radius 1 is 1.31 bits per heavy atom. The van der Waals surface area contributed by atoms with Gasteiger partial charge in [0.25, 0.3) is 5.91 Å². The fraction of sp³-hybridized carbons (Fsp3) is 0.529. The maximum absolute atomic E-state index is 11.8. The van der Waals surface area contributed by atoms with Crippen LogP contribution in [0.5, 0.6) is 11.5 Å². The van der Waals surface area contributed by atoms with Crippen LogP contribution < -0.4 is 14.9 Å². The van der Waals surface area contributed by atoms with Gasteiger partial charge in [-0.1, -0.05) is 18.3 Å². The summed E-state index contributed by atoms with van der Waals surface area (Å²) in [5.41, 5.74) is 2.62. The molecule has 0 bridgehead atoms. The molecule has 158 valence electrons. The summed E-state index contributed by atoms with van der Waals surface area (Å²) in [4.78, 5) is 30.0. The van der Waals surface area contributed by atoms with E-state index in [2.05, 4.69) is 5.48 Å². The third-order valence-corrected chi connectivity index (χ3v) is 5.42. The van der Waals surface area contributed by atoms with Crippen molar-refractivity contribution in [2.75, 3.05) is 32.8 Å². The Morgan fingerprint density at radius 2 is 2.07 bits per heavy atom. The standard InChI is InChI=1S/C17H22BN2O9/c21-3-4-27-19-14(22)8-20-6-9(7-20)28-13-2-1-10-11-5-12(11)18(25,26)29-16(10)15(13)17(23)24/h1-2,9,11-12,21,25-26H,3-8H2,(H,19,22)(H,23,24)/q-1/t11-,12-/m0/s1. The number of benzene rings is 1. The molecule has 2 fully saturated rings. The van der Waals surface area contributed by atoms with Gasteiger partial charge in [0.1, 0.15) is 17.4 Å². The summed E-state index contributed by atoms with van der Waals surface area (Å²) in [6.07, 6.45) is 0.217. The Morgan fingerprint density at radius 3 is 2.76 bits per heavy atom. The monoisotopic (exact) mass is 409 g/mol. The van der Waals surface area contributed by atoms with Crippen molar-refractivity contribution in [3.05, 3.63) is 23.3 Å². The first-order chi connectivity index (χ1) is 13.8. The highest BCUT2D eigenvalue weighted by Crippen LogP contribution is 2.63. The summed E-state index contributed by atoms with van der Waals surface area (Å²) in [6.45, 7) is -2.40. The number of aliphatic hydroxyl groups excluding tert-OH is 1. The summed E-state index contributed by atoms with van der Waals surface area (Å²) >= 11 is 0. The topological polar surface area (TPSA) is 158 Å². The number of aromatic carboxylic acids is 1. The molecule has 4 rings (SSSR count). The van der Waals surface area contributed by atoms with E-state index < -0.39 is 18.5 Å². The summed E-state index contributed by atoms with van der Waals surface area (Å²) < 4.78 is 11.1. The normalized spacial score (nSPS) is 24.5. The van der Waals surface area contributed by atoms with Gasteiger partial charge in [-0.05, 0) is 17.5 Å². The van der Waals surface area contributed by atoms with E-state index in [-0.39, 0.29) is 54.8 Å². The quantitative estimate of drug-likeness (QED) is 0.198. The zero-order valence-electron chi connectivity index (χ0n) is 15.5. The number of carbonyl (C=O) groups excluding carboxylic acids is 1. The van der Waals surface area contributed by atoms with Gasteiger partial charge in [-0.25, -0.2) is 10.3 Å². The molecule has 1 amide bonds. The van der Waals surface area contributed by atoms with Crippen LogP contribution in [-0.4, -0.2) is 82.7 Å². The lowest BCUT2D eigenvalue weighted by Gasteiger charge is -2.40. The number of rotatable bonds is 8. The fourth-order valence-electron chi connectivity index (χ4n) is 3.93. The maximum Gasteiger partial charge on any atom is 0.434 e. The minimum atomic E-state index is -3.09. The highest BCUT2D eigenvalue weighted by molar-refractivity contribution is 6.62. The molecule has 2 atom stereocenters.